The van der Waals surface area contributed by atoms with Gasteiger partial charge in [0, 0.05) is 25.4 Å². The molecular formula is C15H26N2O3. The predicted octanol–water partition coefficient (Wildman–Crippen LogP) is 0.816. The summed E-state index contributed by atoms with van der Waals surface area (Å²) in [6.07, 6.45) is 4.83. The number of aliphatic hydroxyl groups is 1. The highest BCUT2D eigenvalue weighted by molar-refractivity contribution is 5.82. The summed E-state index contributed by atoms with van der Waals surface area (Å²) >= 11 is 0. The predicted molar refractivity (Wildman–Crippen MR) is 75.9 cm³/mol. The summed E-state index contributed by atoms with van der Waals surface area (Å²) in [5.41, 5.74) is 0. The first kappa shape index (κ1) is 15.3. The van der Waals surface area contributed by atoms with E-state index in [0.29, 0.717) is 31.3 Å². The van der Waals surface area contributed by atoms with Gasteiger partial charge in [-0.3, -0.25) is 9.59 Å². The molecule has 2 fully saturated rings. The molecule has 0 radical (unpaired) electrons. The second-order valence-electron chi connectivity index (χ2n) is 6.34. The van der Waals surface area contributed by atoms with Crippen molar-refractivity contribution in [1.82, 2.24) is 10.6 Å². The Bertz CT molecular complexity index is 351. The van der Waals surface area contributed by atoms with Gasteiger partial charge in [-0.2, -0.15) is 0 Å². The van der Waals surface area contributed by atoms with Crippen LogP contribution in [0, 0.1) is 17.8 Å². The van der Waals surface area contributed by atoms with Crippen LogP contribution in [-0.2, 0) is 9.59 Å². The zero-order valence-electron chi connectivity index (χ0n) is 12.2. The van der Waals surface area contributed by atoms with E-state index in [4.69, 9.17) is 0 Å². The van der Waals surface area contributed by atoms with Crippen molar-refractivity contribution in [3.8, 4) is 0 Å². The van der Waals surface area contributed by atoms with Gasteiger partial charge in [0.2, 0.25) is 11.8 Å². The summed E-state index contributed by atoms with van der Waals surface area (Å²) < 4.78 is 0. The summed E-state index contributed by atoms with van der Waals surface area (Å²) in [4.78, 5) is 23.2. The van der Waals surface area contributed by atoms with Crippen LogP contribution in [0.4, 0.5) is 0 Å². The van der Waals surface area contributed by atoms with Gasteiger partial charge in [0.1, 0.15) is 0 Å². The molecule has 5 heteroatoms. The highest BCUT2D eigenvalue weighted by atomic mass is 16.3. The first-order valence-corrected chi connectivity index (χ1v) is 7.78. The van der Waals surface area contributed by atoms with Crippen molar-refractivity contribution in [3.05, 3.63) is 0 Å². The molecule has 2 rings (SSSR count). The number of hydrogen-bond acceptors (Lipinski definition) is 3. The van der Waals surface area contributed by atoms with Gasteiger partial charge < -0.3 is 15.7 Å². The molecule has 0 aromatic heterocycles. The van der Waals surface area contributed by atoms with E-state index < -0.39 is 0 Å². The minimum Gasteiger partial charge on any atom is -0.393 e. The third-order valence-electron chi connectivity index (χ3n) is 4.50. The van der Waals surface area contributed by atoms with Gasteiger partial charge >= 0.3 is 0 Å². The Labute approximate surface area is 120 Å². The van der Waals surface area contributed by atoms with Crippen LogP contribution >= 0.6 is 0 Å². The second-order valence-corrected chi connectivity index (χ2v) is 6.34. The number of nitrogens with one attached hydrogen (secondary N) is 2. The van der Waals surface area contributed by atoms with E-state index in [1.807, 2.05) is 0 Å². The van der Waals surface area contributed by atoms with E-state index in [9.17, 15) is 14.7 Å². The molecule has 0 heterocycles. The molecule has 2 aliphatic rings. The van der Waals surface area contributed by atoms with Crippen LogP contribution in [0.15, 0.2) is 0 Å². The number of hydrogen-bond donors (Lipinski definition) is 3. The van der Waals surface area contributed by atoms with Gasteiger partial charge in [-0.15, -0.1) is 0 Å². The van der Waals surface area contributed by atoms with Crippen molar-refractivity contribution in [3.63, 3.8) is 0 Å². The lowest BCUT2D eigenvalue weighted by atomic mass is 9.87. The van der Waals surface area contributed by atoms with Crippen molar-refractivity contribution in [1.29, 1.82) is 0 Å². The summed E-state index contributed by atoms with van der Waals surface area (Å²) in [5.74, 6) is 1.26. The van der Waals surface area contributed by atoms with Gasteiger partial charge in [-0.1, -0.05) is 6.92 Å². The molecule has 2 atom stereocenters. The Hall–Kier alpha value is -1.10. The number of rotatable bonds is 6. The smallest absolute Gasteiger partial charge is 0.223 e. The fourth-order valence-corrected chi connectivity index (χ4v) is 2.81. The lowest BCUT2D eigenvalue weighted by Gasteiger charge is -2.25. The van der Waals surface area contributed by atoms with Crippen LogP contribution in [0.1, 0.15) is 45.4 Å². The van der Waals surface area contributed by atoms with Gasteiger partial charge in [0.25, 0.3) is 0 Å². The second kappa shape index (κ2) is 7.07. The summed E-state index contributed by atoms with van der Waals surface area (Å²) in [6, 6.07) is 0. The van der Waals surface area contributed by atoms with Crippen LogP contribution in [-0.4, -0.2) is 36.1 Å². The van der Waals surface area contributed by atoms with Crippen LogP contribution in [0.25, 0.3) is 0 Å². The molecular weight excluding hydrogens is 256 g/mol. The van der Waals surface area contributed by atoms with Crippen LogP contribution in [0.3, 0.4) is 0 Å². The molecule has 2 unspecified atom stereocenters. The summed E-state index contributed by atoms with van der Waals surface area (Å²) in [5, 5.41) is 15.2. The van der Waals surface area contributed by atoms with Crippen LogP contribution in [0.5, 0.6) is 0 Å². The molecule has 0 aromatic carbocycles. The molecule has 0 aliphatic heterocycles. The molecule has 2 amide bonds. The maximum absolute atomic E-state index is 11.7. The minimum atomic E-state index is -0.151. The maximum atomic E-state index is 11.7. The van der Waals surface area contributed by atoms with E-state index in [2.05, 4.69) is 17.6 Å². The van der Waals surface area contributed by atoms with Crippen LogP contribution < -0.4 is 10.6 Å². The average Bonchev–Trinajstić information content (AvgIpc) is 3.15. The Morgan fingerprint density at radius 3 is 2.40 bits per heavy atom. The molecule has 0 spiro atoms. The van der Waals surface area contributed by atoms with E-state index in [1.165, 1.54) is 0 Å². The van der Waals surface area contributed by atoms with E-state index in [0.717, 1.165) is 32.1 Å². The van der Waals surface area contributed by atoms with Gasteiger partial charge in [0.05, 0.1) is 6.10 Å². The summed E-state index contributed by atoms with van der Waals surface area (Å²) in [7, 11) is 0. The standard InChI is InChI=1S/C15H26N2O3/c1-10-8-13(10)15(20)16-7-6-14(19)17-9-11-2-4-12(18)5-3-11/h10-13,18H,2-9H2,1H3,(H,16,20)(H,17,19). The fraction of sp³-hybridized carbons (Fsp3) is 0.867. The SMILES string of the molecule is CC1CC1C(=O)NCCC(=O)NCC1CCC(O)CC1. The average molecular weight is 282 g/mol. The van der Waals surface area contributed by atoms with Gasteiger partial charge in [-0.25, -0.2) is 0 Å². The van der Waals surface area contributed by atoms with Gasteiger partial charge in [-0.05, 0) is 43.9 Å². The normalized spacial score (nSPS) is 32.5. The first-order chi connectivity index (χ1) is 9.56. The Balaban J connectivity index is 1.51. The third-order valence-corrected chi connectivity index (χ3v) is 4.50. The highest BCUT2D eigenvalue weighted by Gasteiger charge is 2.38. The number of amides is 2. The molecule has 0 bridgehead atoms. The quantitative estimate of drug-likeness (QED) is 0.675. The zero-order chi connectivity index (χ0) is 14.5. The zero-order valence-corrected chi connectivity index (χ0v) is 12.2. The van der Waals surface area contributed by atoms with Crippen molar-refractivity contribution >= 4 is 11.8 Å². The number of aliphatic hydroxyl groups excluding tert-OH is 1. The molecule has 5 nitrogen and oxygen atoms in total. The Morgan fingerprint density at radius 1 is 1.15 bits per heavy atom. The molecule has 3 N–H and O–H groups in total. The van der Waals surface area contributed by atoms with E-state index in [-0.39, 0.29) is 23.8 Å². The fourth-order valence-electron chi connectivity index (χ4n) is 2.81. The third kappa shape index (κ3) is 4.78. The molecule has 114 valence electrons. The van der Waals surface area contributed by atoms with Crippen molar-refractivity contribution in [2.24, 2.45) is 17.8 Å². The van der Waals surface area contributed by atoms with Crippen molar-refractivity contribution < 1.29 is 14.7 Å². The lowest BCUT2D eigenvalue weighted by Crippen LogP contribution is -2.35. The van der Waals surface area contributed by atoms with Crippen molar-refractivity contribution in [2.45, 2.75) is 51.6 Å². The Morgan fingerprint density at radius 2 is 1.80 bits per heavy atom. The highest BCUT2D eigenvalue weighted by Crippen LogP contribution is 2.37. The monoisotopic (exact) mass is 282 g/mol. The minimum absolute atomic E-state index is 0.000248. The molecule has 0 saturated heterocycles. The summed E-state index contributed by atoms with van der Waals surface area (Å²) in [6.45, 7) is 3.19. The first-order valence-electron chi connectivity index (χ1n) is 7.78. The Kier molecular flexibility index (Phi) is 5.40. The van der Waals surface area contributed by atoms with E-state index >= 15 is 0 Å². The molecule has 20 heavy (non-hydrogen) atoms. The molecule has 0 aromatic rings. The maximum Gasteiger partial charge on any atom is 0.223 e. The van der Waals surface area contributed by atoms with Crippen molar-refractivity contribution in [2.75, 3.05) is 13.1 Å². The number of carbonyl (C=O) groups is 2. The topological polar surface area (TPSA) is 78.4 Å². The largest absolute Gasteiger partial charge is 0.393 e. The van der Waals surface area contributed by atoms with E-state index in [1.54, 1.807) is 0 Å². The van der Waals surface area contributed by atoms with Crippen LogP contribution in [0.2, 0.25) is 0 Å². The number of carbonyl (C=O) groups excluding carboxylic acids is 2. The van der Waals surface area contributed by atoms with Gasteiger partial charge in [0.15, 0.2) is 0 Å². The molecule has 2 saturated carbocycles. The lowest BCUT2D eigenvalue weighted by molar-refractivity contribution is -0.123. The molecule has 2 aliphatic carbocycles.